The van der Waals surface area contributed by atoms with E-state index in [1.54, 1.807) is 50.7 Å². The van der Waals surface area contributed by atoms with Crippen LogP contribution in [0.25, 0.3) is 0 Å². The number of nitrogen functional groups attached to an aromatic ring is 1. The first-order chi connectivity index (χ1) is 16.4. The highest BCUT2D eigenvalue weighted by atomic mass is 16.5. The number of hydrogen-bond donors (Lipinski definition) is 1. The average molecular weight is 464 g/mol. The largest absolute Gasteiger partial charge is 0.493 e. The molecule has 1 amide bonds. The Balaban J connectivity index is 1.47. The number of hydrogen-bond acceptors (Lipinski definition) is 8. The van der Waals surface area contributed by atoms with Crippen molar-refractivity contribution in [1.29, 1.82) is 0 Å². The summed E-state index contributed by atoms with van der Waals surface area (Å²) < 4.78 is 16.5. The molecule has 3 aromatic rings. The summed E-state index contributed by atoms with van der Waals surface area (Å²) in [6, 6.07) is 10.6. The molecule has 9 nitrogen and oxygen atoms in total. The molecule has 2 N–H and O–H groups in total. The first-order valence-corrected chi connectivity index (χ1v) is 11.2. The number of carbonyl (C=O) groups excluding carboxylic acids is 1. The zero-order valence-electron chi connectivity index (χ0n) is 19.8. The number of nitrogens with zero attached hydrogens (tertiary/aromatic N) is 4. The Kier molecular flexibility index (Phi) is 6.81. The summed E-state index contributed by atoms with van der Waals surface area (Å²) in [6.07, 6.45) is 3.20. The maximum Gasteiger partial charge on any atom is 0.254 e. The fraction of sp³-hybridized carbons (Fsp3) is 0.360. The van der Waals surface area contributed by atoms with E-state index >= 15 is 0 Å². The van der Waals surface area contributed by atoms with Gasteiger partial charge in [0.25, 0.3) is 5.91 Å². The third-order valence-corrected chi connectivity index (χ3v) is 6.12. The van der Waals surface area contributed by atoms with Crippen molar-refractivity contribution in [3.63, 3.8) is 0 Å². The number of methoxy groups -OCH3 is 2. The van der Waals surface area contributed by atoms with Crippen LogP contribution in [0.2, 0.25) is 0 Å². The fourth-order valence-electron chi connectivity index (χ4n) is 4.37. The summed E-state index contributed by atoms with van der Waals surface area (Å²) in [7, 11) is 3.10. The summed E-state index contributed by atoms with van der Waals surface area (Å²) >= 11 is 0. The van der Waals surface area contributed by atoms with E-state index in [1.807, 2.05) is 17.9 Å². The van der Waals surface area contributed by atoms with Crippen molar-refractivity contribution >= 4 is 11.7 Å². The maximum atomic E-state index is 13.3. The maximum absolute atomic E-state index is 13.3. The number of ether oxygens (including phenoxy) is 3. The molecule has 34 heavy (non-hydrogen) atoms. The molecule has 3 heterocycles. The van der Waals surface area contributed by atoms with Gasteiger partial charge in [-0.05, 0) is 62.6 Å². The molecular weight excluding hydrogens is 434 g/mol. The zero-order chi connectivity index (χ0) is 24.2. The minimum absolute atomic E-state index is 0.0398. The van der Waals surface area contributed by atoms with E-state index in [0.29, 0.717) is 41.1 Å². The van der Waals surface area contributed by atoms with Crippen molar-refractivity contribution < 1.29 is 19.0 Å². The third kappa shape index (κ3) is 4.88. The minimum Gasteiger partial charge on any atom is -0.493 e. The van der Waals surface area contributed by atoms with Gasteiger partial charge in [0, 0.05) is 30.1 Å². The predicted molar refractivity (Wildman–Crippen MR) is 128 cm³/mol. The molecule has 1 aliphatic heterocycles. The topological polar surface area (TPSA) is 113 Å². The molecule has 0 aliphatic carbocycles. The van der Waals surface area contributed by atoms with Gasteiger partial charge in [-0.2, -0.15) is 5.10 Å². The van der Waals surface area contributed by atoms with Gasteiger partial charge in [0.05, 0.1) is 26.1 Å². The van der Waals surface area contributed by atoms with Crippen LogP contribution in [0.5, 0.6) is 23.1 Å². The molecule has 0 spiro atoms. The van der Waals surface area contributed by atoms with Crippen molar-refractivity contribution in [3.8, 4) is 23.1 Å². The molecule has 4 rings (SSSR count). The van der Waals surface area contributed by atoms with Gasteiger partial charge in [0.1, 0.15) is 11.6 Å². The van der Waals surface area contributed by atoms with Gasteiger partial charge in [-0.1, -0.05) is 0 Å². The predicted octanol–water partition coefficient (Wildman–Crippen LogP) is 3.98. The number of aryl methyl sites for hydroxylation is 1. The molecule has 1 fully saturated rings. The summed E-state index contributed by atoms with van der Waals surface area (Å²) in [5.41, 5.74) is 8.29. The Bertz CT molecular complexity index is 1170. The summed E-state index contributed by atoms with van der Waals surface area (Å²) in [5, 5.41) is 8.34. The first-order valence-electron chi connectivity index (χ1n) is 11.2. The van der Waals surface area contributed by atoms with E-state index in [-0.39, 0.29) is 17.9 Å². The van der Waals surface area contributed by atoms with Gasteiger partial charge in [-0.15, -0.1) is 5.10 Å². The lowest BCUT2D eigenvalue weighted by Crippen LogP contribution is -2.44. The zero-order valence-corrected chi connectivity index (χ0v) is 19.8. The normalized spacial score (nSPS) is 17.8. The van der Waals surface area contributed by atoms with Crippen molar-refractivity contribution in [1.82, 2.24) is 20.1 Å². The summed E-state index contributed by atoms with van der Waals surface area (Å²) in [6.45, 7) is 4.70. The number of carbonyl (C=O) groups is 1. The number of aromatic nitrogens is 3. The van der Waals surface area contributed by atoms with Crippen LogP contribution in [0, 0.1) is 6.92 Å². The molecule has 178 valence electrons. The smallest absolute Gasteiger partial charge is 0.254 e. The molecule has 1 aromatic carbocycles. The van der Waals surface area contributed by atoms with Crippen LogP contribution < -0.4 is 19.9 Å². The van der Waals surface area contributed by atoms with Crippen molar-refractivity contribution in [2.75, 3.05) is 26.5 Å². The highest BCUT2D eigenvalue weighted by Crippen LogP contribution is 2.35. The number of likely N-dealkylation sites (tertiary alicyclic amines) is 1. The van der Waals surface area contributed by atoms with Crippen molar-refractivity contribution in [2.24, 2.45) is 0 Å². The van der Waals surface area contributed by atoms with E-state index in [2.05, 4.69) is 22.1 Å². The Hall–Kier alpha value is -3.88. The summed E-state index contributed by atoms with van der Waals surface area (Å²) in [5.74, 6) is 2.63. The Morgan fingerprint density at radius 3 is 2.56 bits per heavy atom. The number of rotatable bonds is 6. The van der Waals surface area contributed by atoms with Crippen molar-refractivity contribution in [2.45, 2.75) is 38.6 Å². The highest BCUT2D eigenvalue weighted by Gasteiger charge is 2.32. The highest BCUT2D eigenvalue weighted by molar-refractivity contribution is 5.95. The van der Waals surface area contributed by atoms with Gasteiger partial charge in [0.15, 0.2) is 11.5 Å². The van der Waals surface area contributed by atoms with Gasteiger partial charge in [-0.3, -0.25) is 4.79 Å². The van der Waals surface area contributed by atoms with E-state index in [4.69, 9.17) is 19.9 Å². The SMILES string of the molecule is COc1ccc(Oc2ccc(C(=O)N3CC[C@H](c4nnc(N)cc4C)C[C@@H]3C)cc2OC)cn1. The van der Waals surface area contributed by atoms with E-state index in [9.17, 15) is 4.79 Å². The average Bonchev–Trinajstić information content (AvgIpc) is 2.84. The summed E-state index contributed by atoms with van der Waals surface area (Å²) in [4.78, 5) is 19.4. The molecule has 9 heteroatoms. The standard InChI is InChI=1S/C25H29N5O4/c1-15-11-22(26)28-29-24(15)17-9-10-30(16(2)12-17)25(31)18-5-7-20(21(13-18)32-3)34-19-6-8-23(33-4)27-14-19/h5-8,11,13-14,16-17H,9-10,12H2,1-4H3,(H2,26,28)/t16-,17-/m0/s1. The van der Waals surface area contributed by atoms with Crippen LogP contribution in [0.4, 0.5) is 5.82 Å². The lowest BCUT2D eigenvalue weighted by Gasteiger charge is -2.37. The van der Waals surface area contributed by atoms with E-state index < -0.39 is 0 Å². The lowest BCUT2D eigenvalue weighted by atomic mass is 9.87. The molecule has 0 saturated carbocycles. The fourth-order valence-corrected chi connectivity index (χ4v) is 4.37. The Morgan fingerprint density at radius 2 is 1.91 bits per heavy atom. The number of pyridine rings is 1. The number of amides is 1. The second-order valence-corrected chi connectivity index (χ2v) is 8.41. The van der Waals surface area contributed by atoms with Crippen LogP contribution in [0.1, 0.15) is 47.3 Å². The Labute approximate surface area is 198 Å². The minimum atomic E-state index is -0.0398. The number of benzene rings is 1. The van der Waals surface area contributed by atoms with Crippen molar-refractivity contribution in [3.05, 3.63) is 59.4 Å². The second kappa shape index (κ2) is 9.94. The third-order valence-electron chi connectivity index (χ3n) is 6.12. The quantitative estimate of drug-likeness (QED) is 0.584. The number of piperidine rings is 1. The van der Waals surface area contributed by atoms with Gasteiger partial charge >= 0.3 is 0 Å². The van der Waals surface area contributed by atoms with E-state index in [0.717, 1.165) is 24.1 Å². The van der Waals surface area contributed by atoms with Crippen LogP contribution >= 0.6 is 0 Å². The molecule has 0 unspecified atom stereocenters. The number of nitrogens with two attached hydrogens (primary N) is 1. The van der Waals surface area contributed by atoms with Crippen LogP contribution in [-0.4, -0.2) is 52.8 Å². The number of anilines is 1. The molecule has 0 bridgehead atoms. The van der Waals surface area contributed by atoms with Gasteiger partial charge in [0.2, 0.25) is 5.88 Å². The lowest BCUT2D eigenvalue weighted by molar-refractivity contribution is 0.0613. The first kappa shape index (κ1) is 23.3. The molecule has 0 radical (unpaired) electrons. The molecule has 2 atom stereocenters. The van der Waals surface area contributed by atoms with E-state index in [1.165, 1.54) is 0 Å². The second-order valence-electron chi connectivity index (χ2n) is 8.41. The van der Waals surface area contributed by atoms with Gasteiger partial charge < -0.3 is 24.8 Å². The van der Waals surface area contributed by atoms with Gasteiger partial charge in [-0.25, -0.2) is 4.98 Å². The molecular formula is C25H29N5O4. The molecule has 2 aromatic heterocycles. The van der Waals surface area contributed by atoms with Crippen LogP contribution in [-0.2, 0) is 0 Å². The van der Waals surface area contributed by atoms with Crippen LogP contribution in [0.3, 0.4) is 0 Å². The molecule has 1 saturated heterocycles. The van der Waals surface area contributed by atoms with Crippen LogP contribution in [0.15, 0.2) is 42.6 Å². The monoisotopic (exact) mass is 463 g/mol. The Morgan fingerprint density at radius 1 is 1.09 bits per heavy atom. The molecule has 1 aliphatic rings.